The van der Waals surface area contributed by atoms with Crippen molar-refractivity contribution in [2.75, 3.05) is 5.73 Å². The number of aromatic hydroxyl groups is 1. The van der Waals surface area contributed by atoms with Crippen molar-refractivity contribution in [3.05, 3.63) is 22.7 Å². The molecule has 1 aromatic carbocycles. The van der Waals surface area contributed by atoms with Gasteiger partial charge in [0.25, 0.3) is 0 Å². The van der Waals surface area contributed by atoms with E-state index in [1.165, 1.54) is 12.1 Å². The molecule has 0 radical (unpaired) electrons. The fourth-order valence-corrected chi connectivity index (χ4v) is 1.05. The molecule has 66 valence electrons. The van der Waals surface area contributed by atoms with Crippen LogP contribution in [-0.2, 0) is 4.79 Å². The molecular weight excluding hydrogens is 190 g/mol. The minimum Gasteiger partial charge on any atom is -0.505 e. The number of benzene rings is 1. The maximum absolute atomic E-state index is 9.94. The molecule has 13 heavy (non-hydrogen) atoms. The second-order valence-electron chi connectivity index (χ2n) is 2.28. The predicted molar refractivity (Wildman–Crippen MR) is 50.5 cm³/mol. The molecule has 0 aliphatic rings. The number of carbonyl (C=O) groups is 1. The minimum absolute atomic E-state index is 0.141. The van der Waals surface area contributed by atoms with Crippen LogP contribution < -0.4 is 5.73 Å². The van der Waals surface area contributed by atoms with Gasteiger partial charge in [0.1, 0.15) is 0 Å². The van der Waals surface area contributed by atoms with Gasteiger partial charge in [0.05, 0.1) is 11.3 Å². The first-order chi connectivity index (χ1) is 6.15. The fraction of sp³-hybridized carbons (Fsp3) is 0. The van der Waals surface area contributed by atoms with E-state index in [-0.39, 0.29) is 17.0 Å². The topological polar surface area (TPSA) is 63.3 Å². The molecular formula is C9H6ClNO2. The molecule has 0 aromatic heterocycles. The lowest BCUT2D eigenvalue weighted by Gasteiger charge is -2.01. The van der Waals surface area contributed by atoms with Gasteiger partial charge >= 0.3 is 0 Å². The Labute approximate surface area is 80.1 Å². The highest BCUT2D eigenvalue weighted by Crippen LogP contribution is 2.28. The Morgan fingerprint density at radius 3 is 2.85 bits per heavy atom. The summed E-state index contributed by atoms with van der Waals surface area (Å²) in [6.07, 6.45) is 0.427. The fourth-order valence-electron chi connectivity index (χ4n) is 0.823. The molecule has 0 saturated heterocycles. The number of phenols is 1. The lowest BCUT2D eigenvalue weighted by molar-refractivity contribution is -0.103. The zero-order chi connectivity index (χ0) is 9.84. The number of phenolic OH excluding ortho intramolecular Hbond substituents is 1. The van der Waals surface area contributed by atoms with Crippen LogP contribution in [0.15, 0.2) is 12.1 Å². The Kier molecular flexibility index (Phi) is 2.78. The van der Waals surface area contributed by atoms with Gasteiger partial charge in [-0.1, -0.05) is 17.5 Å². The van der Waals surface area contributed by atoms with Crippen LogP contribution in [0, 0.1) is 11.8 Å². The van der Waals surface area contributed by atoms with Gasteiger partial charge in [0.2, 0.25) is 0 Å². The number of carbonyl (C=O) groups excluding carboxylic acids is 1. The van der Waals surface area contributed by atoms with E-state index in [2.05, 4.69) is 11.8 Å². The van der Waals surface area contributed by atoms with E-state index in [1.807, 2.05) is 0 Å². The molecule has 0 atom stereocenters. The molecule has 0 aliphatic heterocycles. The third-order valence-corrected chi connectivity index (χ3v) is 1.59. The summed E-state index contributed by atoms with van der Waals surface area (Å²) in [7, 11) is 0. The summed E-state index contributed by atoms with van der Waals surface area (Å²) >= 11 is 5.65. The SMILES string of the molecule is Nc1cc(Cl)cc(C#CC=O)c1O. The normalized spacial score (nSPS) is 8.69. The molecule has 0 spiro atoms. The molecule has 0 aliphatic carbocycles. The van der Waals surface area contributed by atoms with Crippen LogP contribution in [0.3, 0.4) is 0 Å². The number of halogens is 1. The third kappa shape index (κ3) is 2.14. The maximum Gasteiger partial charge on any atom is 0.193 e. The number of rotatable bonds is 0. The number of nitrogens with two attached hydrogens (primary N) is 1. The van der Waals surface area contributed by atoms with Crippen LogP contribution in [0.5, 0.6) is 5.75 Å². The molecule has 3 N–H and O–H groups in total. The van der Waals surface area contributed by atoms with Crippen molar-refractivity contribution in [2.24, 2.45) is 0 Å². The highest BCUT2D eigenvalue weighted by Gasteiger charge is 2.03. The molecule has 1 rings (SSSR count). The molecule has 1 aromatic rings. The second kappa shape index (κ2) is 3.83. The van der Waals surface area contributed by atoms with Crippen molar-refractivity contribution in [3.63, 3.8) is 0 Å². The van der Waals surface area contributed by atoms with Crippen LogP contribution in [0.2, 0.25) is 5.02 Å². The summed E-state index contributed by atoms with van der Waals surface area (Å²) in [6.45, 7) is 0. The Hall–Kier alpha value is -1.66. The van der Waals surface area contributed by atoms with Gasteiger partial charge < -0.3 is 10.8 Å². The second-order valence-corrected chi connectivity index (χ2v) is 2.71. The van der Waals surface area contributed by atoms with Gasteiger partial charge in [0.15, 0.2) is 12.0 Å². The highest BCUT2D eigenvalue weighted by molar-refractivity contribution is 6.31. The van der Waals surface area contributed by atoms with Crippen LogP contribution >= 0.6 is 11.6 Å². The van der Waals surface area contributed by atoms with E-state index < -0.39 is 0 Å². The summed E-state index contributed by atoms with van der Waals surface area (Å²) < 4.78 is 0. The predicted octanol–water partition coefficient (Wildman–Crippen LogP) is 1.18. The van der Waals surface area contributed by atoms with Gasteiger partial charge in [-0.25, -0.2) is 0 Å². The quantitative estimate of drug-likeness (QED) is 0.283. The Balaban J connectivity index is 3.28. The van der Waals surface area contributed by atoms with Crippen molar-refractivity contribution >= 4 is 23.6 Å². The van der Waals surface area contributed by atoms with Crippen molar-refractivity contribution in [2.45, 2.75) is 0 Å². The zero-order valence-electron chi connectivity index (χ0n) is 6.54. The lowest BCUT2D eigenvalue weighted by atomic mass is 10.2. The summed E-state index contributed by atoms with van der Waals surface area (Å²) in [5.74, 6) is 4.41. The Morgan fingerprint density at radius 2 is 2.23 bits per heavy atom. The molecule has 0 fully saturated rings. The molecule has 4 heteroatoms. The van der Waals surface area contributed by atoms with E-state index >= 15 is 0 Å². The van der Waals surface area contributed by atoms with Gasteiger partial charge in [-0.15, -0.1) is 0 Å². The monoisotopic (exact) mass is 195 g/mol. The summed E-state index contributed by atoms with van der Waals surface area (Å²) in [5, 5.41) is 9.71. The molecule has 0 heterocycles. The summed E-state index contributed by atoms with van der Waals surface area (Å²) in [5.41, 5.74) is 5.79. The number of hydrogen-bond donors (Lipinski definition) is 2. The van der Waals surface area contributed by atoms with Crippen molar-refractivity contribution in [3.8, 4) is 17.6 Å². The third-order valence-electron chi connectivity index (χ3n) is 1.37. The molecule has 3 nitrogen and oxygen atoms in total. The van der Waals surface area contributed by atoms with Crippen molar-refractivity contribution < 1.29 is 9.90 Å². The number of aldehydes is 1. The van der Waals surface area contributed by atoms with E-state index in [0.717, 1.165) is 0 Å². The summed E-state index contributed by atoms with van der Waals surface area (Å²) in [4.78, 5) is 9.94. The van der Waals surface area contributed by atoms with Gasteiger partial charge in [-0.2, -0.15) is 0 Å². The van der Waals surface area contributed by atoms with Crippen molar-refractivity contribution in [1.29, 1.82) is 0 Å². The van der Waals surface area contributed by atoms with Gasteiger partial charge in [-0.05, 0) is 18.1 Å². The standard InChI is InChI=1S/C9H6ClNO2/c10-7-4-6(2-1-3-12)9(13)8(11)5-7/h3-5,13H,11H2. The molecule has 0 unspecified atom stereocenters. The smallest absolute Gasteiger partial charge is 0.193 e. The molecule has 0 amide bonds. The highest BCUT2D eigenvalue weighted by atomic mass is 35.5. The maximum atomic E-state index is 9.94. The number of anilines is 1. The minimum atomic E-state index is -0.154. The summed E-state index contributed by atoms with van der Waals surface area (Å²) in [6, 6.07) is 2.84. The van der Waals surface area contributed by atoms with E-state index in [4.69, 9.17) is 17.3 Å². The van der Waals surface area contributed by atoms with Gasteiger partial charge in [0, 0.05) is 5.02 Å². The average molecular weight is 196 g/mol. The van der Waals surface area contributed by atoms with E-state index in [9.17, 15) is 9.90 Å². The van der Waals surface area contributed by atoms with Crippen molar-refractivity contribution in [1.82, 2.24) is 0 Å². The number of nitrogen functional groups attached to an aromatic ring is 1. The molecule has 0 saturated carbocycles. The Morgan fingerprint density at radius 1 is 1.54 bits per heavy atom. The first kappa shape index (κ1) is 9.43. The van der Waals surface area contributed by atoms with Crippen LogP contribution in [0.4, 0.5) is 5.69 Å². The number of hydrogen-bond acceptors (Lipinski definition) is 3. The van der Waals surface area contributed by atoms with E-state index in [1.54, 1.807) is 0 Å². The Bertz CT molecular complexity index is 404. The molecule has 0 bridgehead atoms. The van der Waals surface area contributed by atoms with Gasteiger partial charge in [-0.3, -0.25) is 4.79 Å². The largest absolute Gasteiger partial charge is 0.505 e. The van der Waals surface area contributed by atoms with Crippen LogP contribution in [0.25, 0.3) is 0 Å². The first-order valence-corrected chi connectivity index (χ1v) is 3.76. The van der Waals surface area contributed by atoms with E-state index in [0.29, 0.717) is 11.3 Å². The zero-order valence-corrected chi connectivity index (χ0v) is 7.30. The first-order valence-electron chi connectivity index (χ1n) is 3.38. The average Bonchev–Trinajstić information content (AvgIpc) is 2.09. The van der Waals surface area contributed by atoms with Crippen LogP contribution in [-0.4, -0.2) is 11.4 Å². The van der Waals surface area contributed by atoms with Crippen LogP contribution in [0.1, 0.15) is 5.56 Å². The lowest BCUT2D eigenvalue weighted by Crippen LogP contribution is -1.88.